The van der Waals surface area contributed by atoms with Crippen molar-refractivity contribution in [2.45, 2.75) is 58.6 Å². The summed E-state index contributed by atoms with van der Waals surface area (Å²) >= 11 is 12.5. The van der Waals surface area contributed by atoms with Crippen molar-refractivity contribution in [3.05, 3.63) is 27.7 Å². The van der Waals surface area contributed by atoms with E-state index in [1.54, 1.807) is 6.07 Å². The number of ether oxygens (including phenoxy) is 1. The van der Waals surface area contributed by atoms with Crippen molar-refractivity contribution in [3.63, 3.8) is 0 Å². The topological polar surface area (TPSA) is 21.3 Å². The monoisotopic (exact) mass is 329 g/mol. The summed E-state index contributed by atoms with van der Waals surface area (Å²) in [4.78, 5) is 0. The Morgan fingerprint density at radius 1 is 1.19 bits per heavy atom. The minimum absolute atomic E-state index is 0.280. The quantitative estimate of drug-likeness (QED) is 0.749. The second kappa shape index (κ2) is 8.26. The number of benzene rings is 1. The summed E-state index contributed by atoms with van der Waals surface area (Å²) in [5, 5.41) is 4.61. The number of rotatable bonds is 6. The molecule has 0 radical (unpaired) electrons. The molecule has 1 saturated carbocycles. The Labute approximate surface area is 138 Å². The van der Waals surface area contributed by atoms with E-state index in [2.05, 4.69) is 19.2 Å². The molecule has 0 saturated heterocycles. The Hall–Kier alpha value is -0.440. The van der Waals surface area contributed by atoms with Crippen LogP contribution in [0.2, 0.25) is 10.0 Å². The molecule has 1 aromatic rings. The number of nitrogens with one attached hydrogen (secondary N) is 1. The van der Waals surface area contributed by atoms with Gasteiger partial charge in [-0.25, -0.2) is 0 Å². The molecule has 2 rings (SSSR count). The first-order chi connectivity index (χ1) is 10.2. The molecule has 2 nitrogen and oxygen atoms in total. The van der Waals surface area contributed by atoms with Crippen molar-refractivity contribution in [1.29, 1.82) is 0 Å². The van der Waals surface area contributed by atoms with Gasteiger partial charge in [0.1, 0.15) is 11.9 Å². The molecule has 1 aromatic carbocycles. The summed E-state index contributed by atoms with van der Waals surface area (Å²) in [5.74, 6) is 1.45. The highest BCUT2D eigenvalue weighted by atomic mass is 35.5. The Kier molecular flexibility index (Phi) is 6.66. The zero-order chi connectivity index (χ0) is 15.2. The van der Waals surface area contributed by atoms with Gasteiger partial charge in [-0.05, 0) is 50.3 Å². The van der Waals surface area contributed by atoms with E-state index in [1.165, 1.54) is 25.7 Å². The number of hydrogen-bond acceptors (Lipinski definition) is 2. The normalized spacial score (nSPS) is 22.3. The molecule has 2 atom stereocenters. The van der Waals surface area contributed by atoms with Crippen LogP contribution >= 0.6 is 23.2 Å². The summed E-state index contributed by atoms with van der Waals surface area (Å²) in [6.07, 6.45) is 6.39. The van der Waals surface area contributed by atoms with E-state index in [9.17, 15) is 0 Å². The van der Waals surface area contributed by atoms with E-state index in [-0.39, 0.29) is 6.10 Å². The van der Waals surface area contributed by atoms with Crippen LogP contribution in [-0.2, 0) is 6.54 Å². The molecule has 4 heteroatoms. The first kappa shape index (κ1) is 16.9. The van der Waals surface area contributed by atoms with E-state index in [0.717, 1.165) is 30.8 Å². The number of halogens is 2. The van der Waals surface area contributed by atoms with Gasteiger partial charge in [-0.2, -0.15) is 0 Å². The van der Waals surface area contributed by atoms with Crippen LogP contribution < -0.4 is 10.1 Å². The van der Waals surface area contributed by atoms with Crippen molar-refractivity contribution in [3.8, 4) is 5.75 Å². The van der Waals surface area contributed by atoms with Gasteiger partial charge in [0.15, 0.2) is 0 Å². The van der Waals surface area contributed by atoms with E-state index in [4.69, 9.17) is 27.9 Å². The molecular formula is C17H25Cl2NO. The maximum Gasteiger partial charge on any atom is 0.142 e. The second-order valence-corrected chi connectivity index (χ2v) is 6.61. The van der Waals surface area contributed by atoms with Crippen LogP contribution in [-0.4, -0.2) is 12.6 Å². The van der Waals surface area contributed by atoms with Crippen LogP contribution in [0.5, 0.6) is 5.75 Å². The van der Waals surface area contributed by atoms with Crippen LogP contribution in [0.15, 0.2) is 12.1 Å². The minimum atomic E-state index is 0.280. The molecule has 1 aliphatic rings. The van der Waals surface area contributed by atoms with E-state index < -0.39 is 0 Å². The Morgan fingerprint density at radius 3 is 2.67 bits per heavy atom. The molecule has 2 unspecified atom stereocenters. The molecule has 1 N–H and O–H groups in total. The third-order valence-electron chi connectivity index (χ3n) is 4.28. The van der Waals surface area contributed by atoms with Crippen molar-refractivity contribution in [2.24, 2.45) is 5.92 Å². The predicted molar refractivity (Wildman–Crippen MR) is 90.5 cm³/mol. The number of hydrogen-bond donors (Lipinski definition) is 1. The van der Waals surface area contributed by atoms with E-state index in [1.807, 2.05) is 6.07 Å². The second-order valence-electron chi connectivity index (χ2n) is 5.77. The Morgan fingerprint density at radius 2 is 1.95 bits per heavy atom. The van der Waals surface area contributed by atoms with Crippen molar-refractivity contribution in [2.75, 3.05) is 6.54 Å². The molecule has 21 heavy (non-hydrogen) atoms. The zero-order valence-electron chi connectivity index (χ0n) is 12.9. The van der Waals surface area contributed by atoms with E-state index in [0.29, 0.717) is 16.0 Å². The van der Waals surface area contributed by atoms with Crippen LogP contribution in [0.3, 0.4) is 0 Å². The highest BCUT2D eigenvalue weighted by molar-refractivity contribution is 6.35. The molecular weight excluding hydrogens is 305 g/mol. The Bertz CT molecular complexity index is 464. The lowest BCUT2D eigenvalue weighted by molar-refractivity contribution is 0.0894. The molecule has 0 aliphatic heterocycles. The van der Waals surface area contributed by atoms with Crippen LogP contribution in [0.4, 0.5) is 0 Å². The van der Waals surface area contributed by atoms with Gasteiger partial charge in [-0.1, -0.05) is 43.5 Å². The fraction of sp³-hybridized carbons (Fsp3) is 0.647. The van der Waals surface area contributed by atoms with Gasteiger partial charge < -0.3 is 10.1 Å². The van der Waals surface area contributed by atoms with E-state index >= 15 is 0 Å². The van der Waals surface area contributed by atoms with Crippen LogP contribution in [0, 0.1) is 5.92 Å². The molecule has 0 bridgehead atoms. The highest BCUT2D eigenvalue weighted by Crippen LogP contribution is 2.37. The lowest BCUT2D eigenvalue weighted by Gasteiger charge is -2.32. The van der Waals surface area contributed by atoms with Gasteiger partial charge >= 0.3 is 0 Å². The lowest BCUT2D eigenvalue weighted by atomic mass is 9.84. The van der Waals surface area contributed by atoms with Gasteiger partial charge in [0.25, 0.3) is 0 Å². The van der Waals surface area contributed by atoms with Gasteiger partial charge in [0.2, 0.25) is 0 Å². The molecule has 0 amide bonds. The first-order valence-electron chi connectivity index (χ1n) is 8.01. The third-order valence-corrected chi connectivity index (χ3v) is 4.78. The van der Waals surface area contributed by atoms with Gasteiger partial charge in [-0.3, -0.25) is 0 Å². The molecule has 0 heterocycles. The molecule has 0 aromatic heterocycles. The summed E-state index contributed by atoms with van der Waals surface area (Å²) in [5.41, 5.74) is 1.05. The van der Waals surface area contributed by atoms with Crippen molar-refractivity contribution < 1.29 is 4.74 Å². The maximum absolute atomic E-state index is 6.39. The molecule has 118 valence electrons. The highest BCUT2D eigenvalue weighted by Gasteiger charge is 2.26. The zero-order valence-corrected chi connectivity index (χ0v) is 14.4. The lowest BCUT2D eigenvalue weighted by Crippen LogP contribution is -2.30. The SMILES string of the molecule is CCNCc1cc(Cl)cc(Cl)c1OC1CCCCC1CC. The van der Waals surface area contributed by atoms with Crippen molar-refractivity contribution in [1.82, 2.24) is 5.32 Å². The van der Waals surface area contributed by atoms with Crippen LogP contribution in [0.1, 0.15) is 51.5 Å². The van der Waals surface area contributed by atoms with Gasteiger partial charge in [-0.15, -0.1) is 0 Å². The molecule has 1 fully saturated rings. The average Bonchev–Trinajstić information content (AvgIpc) is 2.48. The fourth-order valence-electron chi connectivity index (χ4n) is 3.08. The standard InChI is InChI=1S/C17H25Cl2NO/c1-3-12-7-5-6-8-16(12)21-17-13(11-20-4-2)9-14(18)10-15(17)19/h9-10,12,16,20H,3-8,11H2,1-2H3. The average molecular weight is 330 g/mol. The Balaban J connectivity index is 2.20. The van der Waals surface area contributed by atoms with Crippen molar-refractivity contribution >= 4 is 23.2 Å². The van der Waals surface area contributed by atoms with Gasteiger partial charge in [0, 0.05) is 17.1 Å². The van der Waals surface area contributed by atoms with Crippen LogP contribution in [0.25, 0.3) is 0 Å². The summed E-state index contributed by atoms with van der Waals surface area (Å²) in [6, 6.07) is 3.73. The first-order valence-corrected chi connectivity index (χ1v) is 8.76. The molecule has 0 spiro atoms. The predicted octanol–water partition coefficient (Wildman–Crippen LogP) is 5.45. The molecule has 1 aliphatic carbocycles. The minimum Gasteiger partial charge on any atom is -0.488 e. The summed E-state index contributed by atoms with van der Waals surface area (Å²) < 4.78 is 6.34. The largest absolute Gasteiger partial charge is 0.488 e. The third kappa shape index (κ3) is 4.51. The van der Waals surface area contributed by atoms with Gasteiger partial charge in [0.05, 0.1) is 5.02 Å². The summed E-state index contributed by atoms with van der Waals surface area (Å²) in [7, 11) is 0. The maximum atomic E-state index is 6.39. The fourth-order valence-corrected chi connectivity index (χ4v) is 3.66. The summed E-state index contributed by atoms with van der Waals surface area (Å²) in [6.45, 7) is 5.97. The smallest absolute Gasteiger partial charge is 0.142 e.